The Bertz CT molecular complexity index is 613. The molecular weight excluding hydrogens is 286 g/mol. The second kappa shape index (κ2) is 6.90. The molecule has 2 rings (SSSR count). The number of nitrogens with one attached hydrogen (secondary N) is 1. The smallest absolute Gasteiger partial charge is 0.137 e. The number of thiocarbonyl (C=S) groups is 1. The van der Waals surface area contributed by atoms with Gasteiger partial charge in [-0.15, -0.1) is 0 Å². The molecule has 2 aromatic rings. The van der Waals surface area contributed by atoms with Gasteiger partial charge in [-0.1, -0.05) is 37.3 Å². The van der Waals surface area contributed by atoms with Crippen LogP contribution in [-0.2, 0) is 0 Å². The first-order chi connectivity index (χ1) is 9.65. The molecule has 1 unspecified atom stereocenters. The second-order valence-electron chi connectivity index (χ2n) is 4.65. The van der Waals surface area contributed by atoms with E-state index in [0.717, 1.165) is 34.5 Å². The minimum Gasteiger partial charge on any atom is -0.389 e. The number of hydrogen-bond acceptors (Lipinski definition) is 4. The quantitative estimate of drug-likeness (QED) is 0.801. The number of fused-ring (bicyclic) bond motifs is 1. The predicted molar refractivity (Wildman–Crippen MR) is 93.7 cm³/mol. The number of thioether (sulfide) groups is 1. The summed E-state index contributed by atoms with van der Waals surface area (Å²) in [5.41, 5.74) is 7.61. The normalized spacial score (nSPS) is 12.3. The molecule has 1 aromatic heterocycles. The van der Waals surface area contributed by atoms with E-state index < -0.39 is 0 Å². The van der Waals surface area contributed by atoms with Crippen LogP contribution in [0.15, 0.2) is 30.3 Å². The van der Waals surface area contributed by atoms with Crippen LogP contribution in [0.2, 0.25) is 0 Å². The fraction of sp³-hybridized carbons (Fsp3) is 0.333. The number of anilines is 1. The molecular formula is C15H19N3S2. The highest BCUT2D eigenvalue weighted by atomic mass is 32.2. The Hall–Kier alpha value is -1.33. The Morgan fingerprint density at radius 2 is 2.20 bits per heavy atom. The van der Waals surface area contributed by atoms with Crippen molar-refractivity contribution in [1.29, 1.82) is 0 Å². The third kappa shape index (κ3) is 3.41. The molecule has 1 aromatic carbocycles. The molecule has 0 fully saturated rings. The number of hydrogen-bond donors (Lipinski definition) is 2. The fourth-order valence-electron chi connectivity index (χ4n) is 2.07. The van der Waals surface area contributed by atoms with Gasteiger partial charge in [-0.25, -0.2) is 4.98 Å². The van der Waals surface area contributed by atoms with Gasteiger partial charge in [0.1, 0.15) is 10.8 Å². The number of pyridine rings is 1. The molecule has 0 radical (unpaired) electrons. The number of nitrogens with two attached hydrogens (primary N) is 1. The number of para-hydroxylation sites is 1. The molecule has 3 nitrogen and oxygen atoms in total. The van der Waals surface area contributed by atoms with Crippen LogP contribution in [0.4, 0.5) is 5.82 Å². The molecule has 1 atom stereocenters. The van der Waals surface area contributed by atoms with Crippen LogP contribution in [0.3, 0.4) is 0 Å². The monoisotopic (exact) mass is 305 g/mol. The van der Waals surface area contributed by atoms with E-state index in [1.807, 2.05) is 42.1 Å². The standard InChI is InChI=1S/C15H19N3S2/c1-3-11(9-20-2)17-15-12(14(16)19)8-10-6-4-5-7-13(10)18-15/h4-8,11H,3,9H2,1-2H3,(H2,16,19)(H,17,18). The van der Waals surface area contributed by atoms with Crippen molar-refractivity contribution in [1.82, 2.24) is 4.98 Å². The highest BCUT2D eigenvalue weighted by Crippen LogP contribution is 2.22. The maximum Gasteiger partial charge on any atom is 0.137 e. The van der Waals surface area contributed by atoms with Crippen LogP contribution in [0, 0.1) is 0 Å². The average molecular weight is 305 g/mol. The van der Waals surface area contributed by atoms with Crippen LogP contribution in [-0.4, -0.2) is 28.0 Å². The Morgan fingerprint density at radius 3 is 2.85 bits per heavy atom. The number of aromatic nitrogens is 1. The lowest BCUT2D eigenvalue weighted by Gasteiger charge is -2.19. The molecule has 106 valence electrons. The van der Waals surface area contributed by atoms with E-state index >= 15 is 0 Å². The zero-order chi connectivity index (χ0) is 14.5. The lowest BCUT2D eigenvalue weighted by atomic mass is 10.1. The first-order valence-corrected chi connectivity index (χ1v) is 8.41. The number of nitrogens with zero attached hydrogens (tertiary/aromatic N) is 1. The third-order valence-corrected chi connectivity index (χ3v) is 4.15. The maximum absolute atomic E-state index is 5.84. The Labute approximate surface area is 129 Å². The summed E-state index contributed by atoms with van der Waals surface area (Å²) in [5, 5.41) is 4.53. The first kappa shape index (κ1) is 15.1. The van der Waals surface area contributed by atoms with Gasteiger partial charge < -0.3 is 11.1 Å². The van der Waals surface area contributed by atoms with Crippen molar-refractivity contribution in [2.45, 2.75) is 19.4 Å². The van der Waals surface area contributed by atoms with Crippen LogP contribution >= 0.6 is 24.0 Å². The molecule has 3 N–H and O–H groups in total. The molecule has 0 aliphatic heterocycles. The molecule has 0 saturated carbocycles. The van der Waals surface area contributed by atoms with Gasteiger partial charge in [0.25, 0.3) is 0 Å². The predicted octanol–water partition coefficient (Wildman–Crippen LogP) is 3.42. The van der Waals surface area contributed by atoms with Gasteiger partial charge in [0.2, 0.25) is 0 Å². The minimum atomic E-state index is 0.367. The zero-order valence-electron chi connectivity index (χ0n) is 11.7. The van der Waals surface area contributed by atoms with Gasteiger partial charge in [0.15, 0.2) is 0 Å². The van der Waals surface area contributed by atoms with Crippen LogP contribution < -0.4 is 11.1 Å². The summed E-state index contributed by atoms with van der Waals surface area (Å²) in [7, 11) is 0. The van der Waals surface area contributed by atoms with Gasteiger partial charge in [-0.2, -0.15) is 11.8 Å². The average Bonchev–Trinajstić information content (AvgIpc) is 2.45. The van der Waals surface area contributed by atoms with E-state index in [0.29, 0.717) is 11.0 Å². The molecule has 0 aliphatic rings. The van der Waals surface area contributed by atoms with E-state index in [2.05, 4.69) is 23.5 Å². The SMILES string of the molecule is CCC(CSC)Nc1nc2ccccc2cc1C(N)=S. The van der Waals surface area contributed by atoms with Gasteiger partial charge in [0, 0.05) is 17.2 Å². The van der Waals surface area contributed by atoms with Crippen LogP contribution in [0.1, 0.15) is 18.9 Å². The summed E-state index contributed by atoms with van der Waals surface area (Å²) in [6.07, 6.45) is 3.14. The van der Waals surface area contributed by atoms with Gasteiger partial charge >= 0.3 is 0 Å². The summed E-state index contributed by atoms with van der Waals surface area (Å²) in [4.78, 5) is 5.06. The van der Waals surface area contributed by atoms with Crippen LogP contribution in [0.5, 0.6) is 0 Å². The molecule has 0 saturated heterocycles. The number of rotatable bonds is 6. The first-order valence-electron chi connectivity index (χ1n) is 6.60. The van der Waals surface area contributed by atoms with Gasteiger partial charge in [-0.05, 0) is 24.8 Å². The van der Waals surface area contributed by atoms with Gasteiger partial charge in [-0.3, -0.25) is 0 Å². The molecule has 1 heterocycles. The van der Waals surface area contributed by atoms with E-state index in [-0.39, 0.29) is 0 Å². The summed E-state index contributed by atoms with van der Waals surface area (Å²) < 4.78 is 0. The summed E-state index contributed by atoms with van der Waals surface area (Å²) in [5.74, 6) is 1.82. The Balaban J connectivity index is 2.43. The summed E-state index contributed by atoms with van der Waals surface area (Å²) in [6, 6.07) is 10.4. The molecule has 0 spiro atoms. The lowest BCUT2D eigenvalue weighted by molar-refractivity contribution is 0.770. The minimum absolute atomic E-state index is 0.367. The molecule has 0 amide bonds. The van der Waals surface area contributed by atoms with Gasteiger partial charge in [0.05, 0.1) is 11.1 Å². The summed E-state index contributed by atoms with van der Waals surface area (Å²) >= 11 is 6.98. The van der Waals surface area contributed by atoms with Crippen molar-refractivity contribution in [3.05, 3.63) is 35.9 Å². The largest absolute Gasteiger partial charge is 0.389 e. The Kier molecular flexibility index (Phi) is 5.20. The molecule has 20 heavy (non-hydrogen) atoms. The maximum atomic E-state index is 5.84. The van der Waals surface area contributed by atoms with Crippen molar-refractivity contribution in [3.63, 3.8) is 0 Å². The third-order valence-electron chi connectivity index (χ3n) is 3.19. The van der Waals surface area contributed by atoms with Crippen molar-refractivity contribution in [2.24, 2.45) is 5.73 Å². The van der Waals surface area contributed by atoms with Crippen molar-refractivity contribution < 1.29 is 0 Å². The van der Waals surface area contributed by atoms with Crippen molar-refractivity contribution in [2.75, 3.05) is 17.3 Å². The molecule has 5 heteroatoms. The highest BCUT2D eigenvalue weighted by Gasteiger charge is 2.13. The van der Waals surface area contributed by atoms with E-state index in [4.69, 9.17) is 18.0 Å². The van der Waals surface area contributed by atoms with E-state index in [9.17, 15) is 0 Å². The summed E-state index contributed by atoms with van der Waals surface area (Å²) in [6.45, 7) is 2.16. The van der Waals surface area contributed by atoms with Crippen molar-refractivity contribution in [3.8, 4) is 0 Å². The fourth-order valence-corrected chi connectivity index (χ4v) is 2.95. The molecule has 0 bridgehead atoms. The van der Waals surface area contributed by atoms with Crippen LogP contribution in [0.25, 0.3) is 10.9 Å². The number of benzene rings is 1. The molecule has 0 aliphatic carbocycles. The zero-order valence-corrected chi connectivity index (χ0v) is 13.4. The topological polar surface area (TPSA) is 50.9 Å². The van der Waals surface area contributed by atoms with Crippen molar-refractivity contribution >= 4 is 45.7 Å². The van der Waals surface area contributed by atoms with E-state index in [1.165, 1.54) is 0 Å². The Morgan fingerprint density at radius 1 is 1.45 bits per heavy atom. The van der Waals surface area contributed by atoms with E-state index in [1.54, 1.807) is 0 Å². The second-order valence-corrected chi connectivity index (χ2v) is 6.00. The lowest BCUT2D eigenvalue weighted by Crippen LogP contribution is -2.24. The highest BCUT2D eigenvalue weighted by molar-refractivity contribution is 7.98.